The van der Waals surface area contributed by atoms with Gasteiger partial charge in [0.2, 0.25) is 0 Å². The van der Waals surface area contributed by atoms with Crippen molar-refractivity contribution >= 4 is 11.3 Å². The van der Waals surface area contributed by atoms with Gasteiger partial charge in [0.05, 0.1) is 18.8 Å². The molecule has 0 aliphatic heterocycles. The smallest absolute Gasteiger partial charge is 0.151 e. The first-order valence-corrected chi connectivity index (χ1v) is 5.93. The van der Waals surface area contributed by atoms with E-state index in [1.807, 2.05) is 18.5 Å². The van der Waals surface area contributed by atoms with Crippen LogP contribution in [0.5, 0.6) is 0 Å². The normalized spacial score (nSPS) is 12.9. The van der Waals surface area contributed by atoms with Crippen LogP contribution in [-0.2, 0) is 6.54 Å². The van der Waals surface area contributed by atoms with Crippen LogP contribution in [0.4, 0.5) is 5.82 Å². The predicted molar refractivity (Wildman–Crippen MR) is 70.3 cm³/mol. The van der Waals surface area contributed by atoms with Gasteiger partial charge >= 0.3 is 0 Å². The van der Waals surface area contributed by atoms with Crippen molar-refractivity contribution in [2.24, 2.45) is 0 Å². The van der Waals surface area contributed by atoms with E-state index < -0.39 is 6.10 Å². The van der Waals surface area contributed by atoms with E-state index in [-0.39, 0.29) is 0 Å². The zero-order valence-corrected chi connectivity index (χ0v) is 10.4. The largest absolute Gasteiger partial charge is 0.391 e. The maximum atomic E-state index is 9.34. The van der Waals surface area contributed by atoms with E-state index in [1.54, 1.807) is 22.3 Å². The number of nitrogens with two attached hydrogens (primary N) is 1. The molecule has 0 radical (unpaired) electrons. The van der Waals surface area contributed by atoms with Gasteiger partial charge in [0.15, 0.2) is 5.82 Å². The van der Waals surface area contributed by atoms with Crippen molar-refractivity contribution in [1.82, 2.24) is 24.4 Å². The molecule has 0 spiro atoms. The van der Waals surface area contributed by atoms with E-state index in [0.717, 1.165) is 16.6 Å². The molecule has 3 N–H and O–H groups in total. The second-order valence-corrected chi connectivity index (χ2v) is 4.50. The number of nitrogens with zero attached hydrogens (tertiary/aromatic N) is 5. The first-order chi connectivity index (χ1) is 9.13. The van der Waals surface area contributed by atoms with E-state index in [0.29, 0.717) is 12.4 Å². The predicted octanol–water partition coefficient (Wildman–Crippen LogP) is 0.556. The van der Waals surface area contributed by atoms with Crippen LogP contribution in [0.15, 0.2) is 31.0 Å². The standard InChI is InChI=1S/C12H14N6O/c1-8(19)4-17-5-10(3-15-17)9-2-11-12(13)14-7-16-18(11)6-9/h2-3,5-8,19H,4H2,1H3,(H2,13,14,16)/t8-/m1/s1. The summed E-state index contributed by atoms with van der Waals surface area (Å²) < 4.78 is 3.39. The van der Waals surface area contributed by atoms with Gasteiger partial charge in [-0.05, 0) is 13.0 Å². The number of fused-ring (bicyclic) bond motifs is 1. The molecule has 7 heteroatoms. The Labute approximate surface area is 109 Å². The fourth-order valence-electron chi connectivity index (χ4n) is 1.99. The summed E-state index contributed by atoms with van der Waals surface area (Å²) in [5, 5.41) is 17.6. The molecular weight excluding hydrogens is 244 g/mol. The molecule has 0 saturated heterocycles. The minimum absolute atomic E-state index is 0.428. The van der Waals surface area contributed by atoms with Gasteiger partial charge < -0.3 is 10.8 Å². The molecule has 19 heavy (non-hydrogen) atoms. The van der Waals surface area contributed by atoms with Gasteiger partial charge in [-0.1, -0.05) is 0 Å². The van der Waals surface area contributed by atoms with Crippen LogP contribution < -0.4 is 5.73 Å². The molecule has 0 aliphatic rings. The Kier molecular flexibility index (Phi) is 2.68. The zero-order valence-electron chi connectivity index (χ0n) is 10.4. The molecule has 3 rings (SSSR count). The number of hydrogen-bond acceptors (Lipinski definition) is 5. The molecule has 0 aromatic carbocycles. The lowest BCUT2D eigenvalue weighted by molar-refractivity contribution is 0.168. The van der Waals surface area contributed by atoms with E-state index >= 15 is 0 Å². The van der Waals surface area contributed by atoms with Gasteiger partial charge in [-0.2, -0.15) is 10.2 Å². The van der Waals surface area contributed by atoms with Crippen molar-refractivity contribution in [2.45, 2.75) is 19.6 Å². The van der Waals surface area contributed by atoms with Crippen LogP contribution in [0.1, 0.15) is 6.92 Å². The Hall–Kier alpha value is -2.41. The molecule has 1 atom stereocenters. The molecule has 3 aromatic heterocycles. The van der Waals surface area contributed by atoms with Crippen molar-refractivity contribution in [1.29, 1.82) is 0 Å². The summed E-state index contributed by atoms with van der Waals surface area (Å²) in [6.45, 7) is 2.19. The summed E-state index contributed by atoms with van der Waals surface area (Å²) in [5.41, 5.74) is 8.47. The highest BCUT2D eigenvalue weighted by Crippen LogP contribution is 2.23. The third-order valence-corrected chi connectivity index (χ3v) is 2.85. The van der Waals surface area contributed by atoms with Gasteiger partial charge in [0, 0.05) is 23.5 Å². The van der Waals surface area contributed by atoms with Crippen molar-refractivity contribution < 1.29 is 5.11 Å². The fraction of sp³-hybridized carbons (Fsp3) is 0.250. The number of aliphatic hydroxyl groups excluding tert-OH is 1. The lowest BCUT2D eigenvalue weighted by Gasteiger charge is -2.02. The van der Waals surface area contributed by atoms with Crippen molar-refractivity contribution in [2.75, 3.05) is 5.73 Å². The van der Waals surface area contributed by atoms with Gasteiger partial charge in [-0.3, -0.25) is 4.68 Å². The third kappa shape index (κ3) is 2.15. The van der Waals surface area contributed by atoms with Crippen molar-refractivity contribution in [3.8, 4) is 11.1 Å². The summed E-state index contributed by atoms with van der Waals surface area (Å²) in [6, 6.07) is 1.92. The first kappa shape index (κ1) is 11.7. The van der Waals surface area contributed by atoms with Crippen molar-refractivity contribution in [3.05, 3.63) is 31.0 Å². The van der Waals surface area contributed by atoms with E-state index in [2.05, 4.69) is 15.2 Å². The Morgan fingerprint density at radius 3 is 2.89 bits per heavy atom. The Morgan fingerprint density at radius 1 is 1.32 bits per heavy atom. The minimum Gasteiger partial charge on any atom is -0.391 e. The molecule has 0 unspecified atom stereocenters. The van der Waals surface area contributed by atoms with Crippen LogP contribution in [0.3, 0.4) is 0 Å². The van der Waals surface area contributed by atoms with E-state index in [1.165, 1.54) is 6.33 Å². The van der Waals surface area contributed by atoms with Gasteiger partial charge in [-0.25, -0.2) is 9.50 Å². The number of aliphatic hydroxyl groups is 1. The van der Waals surface area contributed by atoms with Gasteiger partial charge in [-0.15, -0.1) is 0 Å². The molecule has 0 aliphatic carbocycles. The third-order valence-electron chi connectivity index (χ3n) is 2.85. The Morgan fingerprint density at radius 2 is 2.16 bits per heavy atom. The molecule has 0 bridgehead atoms. The molecule has 0 fully saturated rings. The highest BCUT2D eigenvalue weighted by Gasteiger charge is 2.08. The number of nitrogen functional groups attached to an aromatic ring is 1. The number of aromatic nitrogens is 5. The lowest BCUT2D eigenvalue weighted by atomic mass is 10.2. The average molecular weight is 258 g/mol. The summed E-state index contributed by atoms with van der Waals surface area (Å²) in [5.74, 6) is 0.442. The maximum absolute atomic E-state index is 9.34. The zero-order chi connectivity index (χ0) is 13.4. The van der Waals surface area contributed by atoms with E-state index in [9.17, 15) is 5.11 Å². The van der Waals surface area contributed by atoms with Gasteiger partial charge in [0.25, 0.3) is 0 Å². The SMILES string of the molecule is C[C@@H](O)Cn1cc(-c2cc3c(N)ncnn3c2)cn1. The van der Waals surface area contributed by atoms with Crippen LogP contribution in [-0.4, -0.2) is 35.6 Å². The second kappa shape index (κ2) is 4.36. The average Bonchev–Trinajstić information content (AvgIpc) is 2.94. The molecule has 3 aromatic rings. The Balaban J connectivity index is 2.00. The molecule has 3 heterocycles. The monoisotopic (exact) mass is 258 g/mol. The molecule has 0 saturated carbocycles. The first-order valence-electron chi connectivity index (χ1n) is 5.93. The summed E-state index contributed by atoms with van der Waals surface area (Å²) in [7, 11) is 0. The summed E-state index contributed by atoms with van der Waals surface area (Å²) >= 11 is 0. The minimum atomic E-state index is -0.428. The lowest BCUT2D eigenvalue weighted by Crippen LogP contribution is -2.11. The number of hydrogen-bond donors (Lipinski definition) is 2. The maximum Gasteiger partial charge on any atom is 0.151 e. The van der Waals surface area contributed by atoms with E-state index in [4.69, 9.17) is 5.73 Å². The quantitative estimate of drug-likeness (QED) is 0.715. The summed E-state index contributed by atoms with van der Waals surface area (Å²) in [6.07, 6.45) is 6.49. The fourth-order valence-corrected chi connectivity index (χ4v) is 1.99. The second-order valence-electron chi connectivity index (χ2n) is 4.50. The van der Waals surface area contributed by atoms with Crippen molar-refractivity contribution in [3.63, 3.8) is 0 Å². The summed E-state index contributed by atoms with van der Waals surface area (Å²) in [4.78, 5) is 3.95. The molecule has 98 valence electrons. The molecule has 0 amide bonds. The van der Waals surface area contributed by atoms with Crippen LogP contribution in [0.25, 0.3) is 16.6 Å². The van der Waals surface area contributed by atoms with Crippen LogP contribution in [0.2, 0.25) is 0 Å². The van der Waals surface area contributed by atoms with Crippen LogP contribution >= 0.6 is 0 Å². The Bertz CT molecular complexity index is 714. The van der Waals surface area contributed by atoms with Gasteiger partial charge in [0.1, 0.15) is 11.8 Å². The highest BCUT2D eigenvalue weighted by molar-refractivity contribution is 5.75. The number of rotatable bonds is 3. The number of anilines is 1. The topological polar surface area (TPSA) is 94.3 Å². The molecule has 7 nitrogen and oxygen atoms in total. The molecular formula is C12H14N6O. The van der Waals surface area contributed by atoms with Crippen LogP contribution in [0, 0.1) is 0 Å². The highest BCUT2D eigenvalue weighted by atomic mass is 16.3.